The third-order valence-electron chi connectivity index (χ3n) is 3.68. The van der Waals surface area contributed by atoms with Gasteiger partial charge in [-0.25, -0.2) is 0 Å². The van der Waals surface area contributed by atoms with Gasteiger partial charge in [0.1, 0.15) is 0 Å². The van der Waals surface area contributed by atoms with Gasteiger partial charge in [0, 0.05) is 19.1 Å². The van der Waals surface area contributed by atoms with E-state index in [-0.39, 0.29) is 0 Å². The molecule has 5 heteroatoms. The Hall–Kier alpha value is -1.75. The first-order valence-electron chi connectivity index (χ1n) is 6.67. The topological polar surface area (TPSA) is 90.4 Å². The largest absolute Gasteiger partial charge is 0.396 e. The number of nitrogens with two attached hydrogens (primary N) is 2. The van der Waals surface area contributed by atoms with Gasteiger partial charge < -0.3 is 21.5 Å². The summed E-state index contributed by atoms with van der Waals surface area (Å²) < 4.78 is 5.65. The van der Waals surface area contributed by atoms with Gasteiger partial charge in [0.2, 0.25) is 0 Å². The van der Waals surface area contributed by atoms with Crippen LogP contribution in [0.2, 0.25) is 0 Å². The van der Waals surface area contributed by atoms with Gasteiger partial charge in [-0.15, -0.1) is 0 Å². The highest BCUT2D eigenvalue weighted by Gasteiger charge is 2.26. The van der Waals surface area contributed by atoms with E-state index in [1.807, 2.05) is 6.07 Å². The number of carbonyl (C=O) groups excluding carboxylic acids is 1. The van der Waals surface area contributed by atoms with Gasteiger partial charge >= 0.3 is 0 Å². The van der Waals surface area contributed by atoms with E-state index in [0.29, 0.717) is 23.3 Å². The van der Waals surface area contributed by atoms with E-state index < -0.39 is 5.91 Å². The molecule has 1 aromatic carbocycles. The van der Waals surface area contributed by atoms with E-state index in [1.165, 1.54) is 0 Å². The normalized spacial score (nSPS) is 22.4. The highest BCUT2D eigenvalue weighted by molar-refractivity contribution is 6.00. The summed E-state index contributed by atoms with van der Waals surface area (Å²) in [5, 5.41) is 3.30. The molecule has 2 rings (SSSR count). The van der Waals surface area contributed by atoms with E-state index in [0.717, 1.165) is 31.7 Å². The predicted octanol–water partition coefficient (Wildman–Crippen LogP) is 1.59. The lowest BCUT2D eigenvalue weighted by Gasteiger charge is -2.19. The van der Waals surface area contributed by atoms with E-state index in [2.05, 4.69) is 12.2 Å². The Morgan fingerprint density at radius 3 is 3.00 bits per heavy atom. The summed E-state index contributed by atoms with van der Waals surface area (Å²) in [4.78, 5) is 11.2. The molecule has 104 valence electrons. The zero-order valence-corrected chi connectivity index (χ0v) is 11.2. The van der Waals surface area contributed by atoms with Crippen LogP contribution < -0.4 is 16.8 Å². The fraction of sp³-hybridized carbons (Fsp3) is 0.500. The van der Waals surface area contributed by atoms with Gasteiger partial charge in [0.05, 0.1) is 23.0 Å². The van der Waals surface area contributed by atoms with Crippen molar-refractivity contribution < 1.29 is 9.53 Å². The summed E-state index contributed by atoms with van der Waals surface area (Å²) in [5.74, 6) is -0.0154. The average Bonchev–Trinajstić information content (AvgIpc) is 2.84. The number of nitrogen functional groups attached to an aromatic ring is 1. The zero-order chi connectivity index (χ0) is 13.8. The van der Waals surface area contributed by atoms with Gasteiger partial charge in [0.15, 0.2) is 0 Å². The van der Waals surface area contributed by atoms with Crippen molar-refractivity contribution >= 4 is 17.3 Å². The van der Waals surface area contributed by atoms with Crippen LogP contribution in [0.5, 0.6) is 0 Å². The number of anilines is 2. The maximum Gasteiger partial charge on any atom is 0.250 e. The first kappa shape index (κ1) is 13.7. The van der Waals surface area contributed by atoms with Crippen LogP contribution in [0.1, 0.15) is 30.1 Å². The average molecular weight is 263 g/mol. The van der Waals surface area contributed by atoms with Crippen LogP contribution in [0.15, 0.2) is 18.2 Å². The van der Waals surface area contributed by atoms with Gasteiger partial charge in [-0.1, -0.05) is 13.0 Å². The summed E-state index contributed by atoms with van der Waals surface area (Å²) in [5.41, 5.74) is 12.8. The molecule has 5 nitrogen and oxygen atoms in total. The first-order chi connectivity index (χ1) is 9.13. The summed E-state index contributed by atoms with van der Waals surface area (Å²) in [6.07, 6.45) is 2.39. The van der Waals surface area contributed by atoms with Gasteiger partial charge in [-0.3, -0.25) is 4.79 Å². The van der Waals surface area contributed by atoms with Crippen LogP contribution in [0.3, 0.4) is 0 Å². The van der Waals surface area contributed by atoms with E-state index in [4.69, 9.17) is 16.2 Å². The fourth-order valence-electron chi connectivity index (χ4n) is 2.55. The van der Waals surface area contributed by atoms with Crippen LogP contribution in [0.25, 0.3) is 0 Å². The fourth-order valence-corrected chi connectivity index (χ4v) is 2.55. The Morgan fingerprint density at radius 2 is 2.32 bits per heavy atom. The van der Waals surface area contributed by atoms with Crippen molar-refractivity contribution in [1.29, 1.82) is 0 Å². The second kappa shape index (κ2) is 5.93. The third-order valence-corrected chi connectivity index (χ3v) is 3.68. The Labute approximate surface area is 113 Å². The monoisotopic (exact) mass is 263 g/mol. The number of amides is 1. The summed E-state index contributed by atoms with van der Waals surface area (Å²) in [6.45, 7) is 3.75. The van der Waals surface area contributed by atoms with Crippen molar-refractivity contribution in [3.05, 3.63) is 23.8 Å². The number of hydrogen-bond acceptors (Lipinski definition) is 4. The number of primary amides is 1. The lowest BCUT2D eigenvalue weighted by atomic mass is 9.99. The van der Waals surface area contributed by atoms with Gasteiger partial charge in [-0.05, 0) is 25.0 Å². The molecule has 2 unspecified atom stereocenters. The second-order valence-electron chi connectivity index (χ2n) is 4.88. The molecule has 1 fully saturated rings. The highest BCUT2D eigenvalue weighted by Crippen LogP contribution is 2.26. The standard InChI is InChI=1S/C14H21N3O2/c1-2-12-9(6-7-19-12)8-17-11-5-3-4-10(13(11)15)14(16)18/h3-5,9,12,17H,2,6-8,15H2,1H3,(H2,16,18). The minimum atomic E-state index is -0.503. The summed E-state index contributed by atoms with van der Waals surface area (Å²) in [6, 6.07) is 5.27. The maximum atomic E-state index is 11.2. The van der Waals surface area contributed by atoms with E-state index >= 15 is 0 Å². The molecule has 19 heavy (non-hydrogen) atoms. The van der Waals surface area contributed by atoms with Crippen LogP contribution in [0.4, 0.5) is 11.4 Å². The molecule has 1 aliphatic rings. The third kappa shape index (κ3) is 2.98. The molecule has 0 aromatic heterocycles. The zero-order valence-electron chi connectivity index (χ0n) is 11.2. The number of nitrogens with one attached hydrogen (secondary N) is 1. The Balaban J connectivity index is 2.03. The number of hydrogen-bond donors (Lipinski definition) is 3. The van der Waals surface area contributed by atoms with Crippen LogP contribution in [-0.2, 0) is 4.74 Å². The molecule has 5 N–H and O–H groups in total. The summed E-state index contributed by atoms with van der Waals surface area (Å²) >= 11 is 0. The molecule has 1 aromatic rings. The molecule has 1 amide bonds. The molecule has 0 bridgehead atoms. The first-order valence-corrected chi connectivity index (χ1v) is 6.67. The summed E-state index contributed by atoms with van der Waals surface area (Å²) in [7, 11) is 0. The Kier molecular flexibility index (Phi) is 4.27. The van der Waals surface area contributed by atoms with Gasteiger partial charge in [0.25, 0.3) is 5.91 Å². The second-order valence-corrected chi connectivity index (χ2v) is 4.88. The van der Waals surface area contributed by atoms with E-state index in [1.54, 1.807) is 12.1 Å². The van der Waals surface area contributed by atoms with Crippen LogP contribution in [0, 0.1) is 5.92 Å². The lowest BCUT2D eigenvalue weighted by Crippen LogP contribution is -2.23. The van der Waals surface area contributed by atoms with Crippen molar-refractivity contribution in [3.8, 4) is 0 Å². The predicted molar refractivity (Wildman–Crippen MR) is 76.0 cm³/mol. The van der Waals surface area contributed by atoms with Crippen molar-refractivity contribution in [2.45, 2.75) is 25.9 Å². The highest BCUT2D eigenvalue weighted by atomic mass is 16.5. The molecule has 0 aliphatic carbocycles. The number of ether oxygens (including phenoxy) is 1. The van der Waals surface area contributed by atoms with Crippen molar-refractivity contribution in [1.82, 2.24) is 0 Å². The molecule has 0 radical (unpaired) electrons. The van der Waals surface area contributed by atoms with Crippen LogP contribution in [-0.4, -0.2) is 25.2 Å². The minimum absolute atomic E-state index is 0.313. The van der Waals surface area contributed by atoms with Crippen molar-refractivity contribution in [2.75, 3.05) is 24.2 Å². The van der Waals surface area contributed by atoms with E-state index in [9.17, 15) is 4.79 Å². The lowest BCUT2D eigenvalue weighted by molar-refractivity contribution is 0.0900. The molecular formula is C14H21N3O2. The SMILES string of the molecule is CCC1OCCC1CNc1cccc(C(N)=O)c1N. The Bertz CT molecular complexity index is 462. The maximum absolute atomic E-state index is 11.2. The smallest absolute Gasteiger partial charge is 0.250 e. The minimum Gasteiger partial charge on any atom is -0.396 e. The number of benzene rings is 1. The number of rotatable bonds is 5. The molecule has 2 atom stereocenters. The van der Waals surface area contributed by atoms with Crippen molar-refractivity contribution in [3.63, 3.8) is 0 Å². The molecule has 1 heterocycles. The molecular weight excluding hydrogens is 242 g/mol. The van der Waals surface area contributed by atoms with Crippen molar-refractivity contribution in [2.24, 2.45) is 11.7 Å². The molecule has 0 spiro atoms. The molecule has 0 saturated carbocycles. The molecule has 1 aliphatic heterocycles. The quantitative estimate of drug-likeness (QED) is 0.704. The van der Waals surface area contributed by atoms with Crippen LogP contribution >= 0.6 is 0 Å². The number of para-hydroxylation sites is 1. The number of carbonyl (C=O) groups is 1. The Morgan fingerprint density at radius 1 is 1.53 bits per heavy atom. The van der Waals surface area contributed by atoms with Gasteiger partial charge in [-0.2, -0.15) is 0 Å². The molecule has 1 saturated heterocycles.